The van der Waals surface area contributed by atoms with Crippen LogP contribution in [0.25, 0.3) is 11.1 Å². The zero-order valence-corrected chi connectivity index (χ0v) is 29.4. The summed E-state index contributed by atoms with van der Waals surface area (Å²) < 4.78 is 76.8. The number of alkyl halides is 3. The Morgan fingerprint density at radius 1 is 1.23 bits per heavy atom. The molecule has 0 radical (unpaired) electrons. The molecular weight excluding hydrogens is 738 g/mol. The van der Waals surface area contributed by atoms with Gasteiger partial charge in [-0.1, -0.05) is 17.3 Å². The van der Waals surface area contributed by atoms with Crippen LogP contribution in [0.3, 0.4) is 0 Å². The van der Waals surface area contributed by atoms with E-state index in [-0.39, 0.29) is 40.7 Å². The number of nitrogens with zero attached hydrogens (tertiary/aromatic N) is 4. The molecule has 2 aromatic heterocycles. The first-order valence-electron chi connectivity index (χ1n) is 15.4. The number of hydrogen-bond donors (Lipinski definition) is 4. The van der Waals surface area contributed by atoms with Crippen molar-refractivity contribution in [2.75, 3.05) is 37.4 Å². The fourth-order valence-corrected chi connectivity index (χ4v) is 6.57. The topological polar surface area (TPSA) is 231 Å². The molecule has 2 amide bonds. The Labute approximate surface area is 298 Å². The van der Waals surface area contributed by atoms with Gasteiger partial charge in [-0.2, -0.15) is 26.7 Å². The first-order chi connectivity index (χ1) is 24.4. The minimum absolute atomic E-state index is 0.00805. The molecule has 280 valence electrons. The maximum Gasteiger partial charge on any atom is 0.492 e. The molecule has 4 heterocycles. The Morgan fingerprint density at radius 2 is 1.96 bits per heavy atom. The molecule has 52 heavy (non-hydrogen) atoms. The molecule has 17 nitrogen and oxygen atoms in total. The minimum atomic E-state index is -5.66. The number of nitrogens with one attached hydrogen (secondary N) is 2. The van der Waals surface area contributed by atoms with Crippen LogP contribution in [0, 0.1) is 5.92 Å². The van der Waals surface area contributed by atoms with Gasteiger partial charge in [0, 0.05) is 29.5 Å². The zero-order chi connectivity index (χ0) is 38.0. The number of ether oxygens (including phenoxy) is 1. The normalized spacial score (nSPS) is 18.5. The second-order valence-corrected chi connectivity index (χ2v) is 14.2. The molecule has 2 atom stereocenters. The number of fused-ring (bicyclic) bond motifs is 1. The van der Waals surface area contributed by atoms with E-state index in [4.69, 9.17) is 21.0 Å². The van der Waals surface area contributed by atoms with Crippen LogP contribution in [0.5, 0.6) is 5.75 Å². The van der Waals surface area contributed by atoms with Crippen molar-refractivity contribution in [3.63, 3.8) is 0 Å². The molecule has 1 fully saturated rings. The standard InChI is InChI=1S/C30H33F3N8O9S2/c1-29(2)24(26(43)41(29)50-52(45,46)49-27(44)30(31,32)33)38-25(42)23(20-15-51-28(35)37-20)39-48-14-16-10-18-5-4-17(11-21(18)47-13-16)19-6-7-22(36-9-8-34)40(3)12-19/h4-7,11-12,15-16,24H,8-10,13-14,34H2,1-3H3,(H3,35,37,38,42)/p+1/b39-23-/t16-,24-/m1/s1. The number of oxime groups is 1. The summed E-state index contributed by atoms with van der Waals surface area (Å²) in [6, 6.07) is 8.42. The third-order valence-corrected chi connectivity index (χ3v) is 9.30. The van der Waals surface area contributed by atoms with Crippen molar-refractivity contribution in [1.82, 2.24) is 15.4 Å². The third-order valence-electron chi connectivity index (χ3n) is 7.94. The number of hydroxylamine groups is 2. The highest BCUT2D eigenvalue weighted by Gasteiger charge is 2.59. The summed E-state index contributed by atoms with van der Waals surface area (Å²) >= 11 is 0.998. The van der Waals surface area contributed by atoms with Crippen LogP contribution >= 0.6 is 11.3 Å². The molecule has 3 aromatic rings. The lowest BCUT2D eigenvalue weighted by molar-refractivity contribution is -0.656. The van der Waals surface area contributed by atoms with Crippen molar-refractivity contribution in [3.05, 3.63) is 53.2 Å². The number of β-lactam (4-membered cyclic amide) rings is 1. The van der Waals surface area contributed by atoms with Crippen molar-refractivity contribution in [3.8, 4) is 16.9 Å². The Hall–Kier alpha value is -5.06. The van der Waals surface area contributed by atoms with Crippen LogP contribution < -0.4 is 31.4 Å². The molecule has 6 N–H and O–H groups in total. The van der Waals surface area contributed by atoms with Gasteiger partial charge in [0.1, 0.15) is 24.1 Å². The summed E-state index contributed by atoms with van der Waals surface area (Å²) in [6.45, 7) is 3.94. The predicted octanol–water partition coefficient (Wildman–Crippen LogP) is 0.947. The quantitative estimate of drug-likeness (QED) is 0.0822. The number of thiazole rings is 1. The number of nitrogens with two attached hydrogens (primary N) is 2. The molecular formula is C30H34F3N8O9S2+. The molecule has 5 rings (SSSR count). The summed E-state index contributed by atoms with van der Waals surface area (Å²) in [6.07, 6.45) is -3.07. The molecule has 0 saturated carbocycles. The van der Waals surface area contributed by atoms with E-state index in [2.05, 4.69) is 29.2 Å². The van der Waals surface area contributed by atoms with E-state index in [0.29, 0.717) is 19.5 Å². The van der Waals surface area contributed by atoms with Gasteiger partial charge < -0.3 is 30.5 Å². The smallest absolute Gasteiger partial charge is 0.492 e. The number of carbonyl (C=O) groups excluding carboxylic acids is 3. The minimum Gasteiger partial charge on any atom is -0.493 e. The fraction of sp³-hybridized carbons (Fsp3) is 0.400. The number of nitrogen functional groups attached to an aromatic ring is 1. The van der Waals surface area contributed by atoms with E-state index in [1.807, 2.05) is 48.1 Å². The van der Waals surface area contributed by atoms with Gasteiger partial charge in [-0.25, -0.2) is 14.3 Å². The lowest BCUT2D eigenvalue weighted by Gasteiger charge is -2.50. The Morgan fingerprint density at radius 3 is 2.60 bits per heavy atom. The van der Waals surface area contributed by atoms with Crippen LogP contribution in [0.1, 0.15) is 25.1 Å². The maximum absolute atomic E-state index is 13.4. The highest BCUT2D eigenvalue weighted by molar-refractivity contribution is 7.82. The highest BCUT2D eigenvalue weighted by atomic mass is 32.3. The molecule has 0 spiro atoms. The summed E-state index contributed by atoms with van der Waals surface area (Å²) in [7, 11) is -3.72. The zero-order valence-electron chi connectivity index (χ0n) is 27.8. The number of benzene rings is 1. The summed E-state index contributed by atoms with van der Waals surface area (Å²) in [4.78, 5) is 46.7. The molecule has 1 saturated heterocycles. The average Bonchev–Trinajstić information content (AvgIpc) is 3.51. The second kappa shape index (κ2) is 14.9. The van der Waals surface area contributed by atoms with Crippen LogP contribution in [-0.2, 0) is 51.6 Å². The third kappa shape index (κ3) is 8.52. The number of pyridine rings is 1. The van der Waals surface area contributed by atoms with Gasteiger partial charge in [-0.05, 0) is 43.5 Å². The fourth-order valence-electron chi connectivity index (χ4n) is 5.26. The number of amides is 2. The van der Waals surface area contributed by atoms with Crippen LogP contribution in [0.2, 0.25) is 0 Å². The summed E-state index contributed by atoms with van der Waals surface area (Å²) in [5.74, 6) is -3.75. The number of aromatic nitrogens is 2. The number of rotatable bonds is 13. The van der Waals surface area contributed by atoms with Crippen LogP contribution in [0.15, 0.2) is 47.1 Å². The first kappa shape index (κ1) is 38.2. The molecule has 22 heteroatoms. The maximum atomic E-state index is 13.4. The van der Waals surface area contributed by atoms with Crippen molar-refractivity contribution < 1.29 is 58.6 Å². The van der Waals surface area contributed by atoms with Gasteiger partial charge in [0.2, 0.25) is 0 Å². The SMILES string of the molecule is C[n+]1cc(-c2ccc3c(c2)OC[C@H](CO/N=C(\C(=O)N[C@@H]2C(=O)N(OS(=O)(=O)OC(=O)C(F)(F)F)C2(C)C)c2csc(N)n2)C3)ccc1NCCN. The number of anilines is 2. The monoisotopic (exact) mass is 771 g/mol. The van der Waals surface area contributed by atoms with E-state index in [9.17, 15) is 36.0 Å². The first-order valence-corrected chi connectivity index (χ1v) is 17.6. The highest BCUT2D eigenvalue weighted by Crippen LogP contribution is 2.35. The van der Waals surface area contributed by atoms with Crippen molar-refractivity contribution in [2.24, 2.45) is 23.9 Å². The molecule has 2 aliphatic rings. The molecule has 1 aromatic carbocycles. The van der Waals surface area contributed by atoms with Gasteiger partial charge in [-0.3, -0.25) is 14.9 Å². The van der Waals surface area contributed by atoms with E-state index >= 15 is 0 Å². The molecule has 2 aliphatic heterocycles. The number of halogens is 3. The predicted molar refractivity (Wildman–Crippen MR) is 177 cm³/mol. The number of aryl methyl sites for hydroxylation is 1. The Balaban J connectivity index is 1.22. The number of hydrogen-bond acceptors (Lipinski definition) is 15. The van der Waals surface area contributed by atoms with E-state index < -0.39 is 45.9 Å². The van der Waals surface area contributed by atoms with Gasteiger partial charge in [0.25, 0.3) is 17.6 Å². The van der Waals surface area contributed by atoms with Gasteiger partial charge >= 0.3 is 22.5 Å². The Kier molecular flexibility index (Phi) is 10.9. The van der Waals surface area contributed by atoms with Gasteiger partial charge in [-0.15, -0.1) is 15.6 Å². The lowest BCUT2D eigenvalue weighted by atomic mass is 9.84. The molecule has 0 unspecified atom stereocenters. The van der Waals surface area contributed by atoms with Gasteiger partial charge in [0.05, 0.1) is 31.9 Å². The van der Waals surface area contributed by atoms with Crippen molar-refractivity contribution in [1.29, 1.82) is 0 Å². The Bertz CT molecular complexity index is 2010. The van der Waals surface area contributed by atoms with Crippen molar-refractivity contribution in [2.45, 2.75) is 38.0 Å². The number of carbonyl (C=O) groups is 3. The second-order valence-electron chi connectivity index (χ2n) is 12.2. The van der Waals surface area contributed by atoms with E-state index in [1.54, 1.807) is 0 Å². The van der Waals surface area contributed by atoms with Crippen molar-refractivity contribution >= 4 is 56.2 Å². The van der Waals surface area contributed by atoms with E-state index in [1.165, 1.54) is 19.2 Å². The van der Waals surface area contributed by atoms with Gasteiger partial charge in [0.15, 0.2) is 10.8 Å². The van der Waals surface area contributed by atoms with E-state index in [0.717, 1.165) is 39.6 Å². The molecule has 0 aliphatic carbocycles. The lowest BCUT2D eigenvalue weighted by Crippen LogP contribution is -2.77. The summed E-state index contributed by atoms with van der Waals surface area (Å²) in [5.41, 5.74) is 12.2. The van der Waals surface area contributed by atoms with Crippen LogP contribution in [-0.4, -0.2) is 86.0 Å². The average molecular weight is 772 g/mol. The largest absolute Gasteiger partial charge is 0.493 e. The van der Waals surface area contributed by atoms with Crippen LogP contribution in [0.4, 0.5) is 24.1 Å². The molecule has 0 bridgehead atoms. The summed E-state index contributed by atoms with van der Waals surface area (Å²) in [5, 5.41) is 11.3.